The molecule has 90 valence electrons. The van der Waals surface area contributed by atoms with Crippen molar-refractivity contribution in [2.24, 2.45) is 5.84 Å². The molecule has 18 heavy (non-hydrogen) atoms. The molecule has 7 heteroatoms. The van der Waals surface area contributed by atoms with E-state index in [0.29, 0.717) is 22.7 Å². The van der Waals surface area contributed by atoms with Crippen molar-refractivity contribution in [2.75, 3.05) is 5.43 Å². The summed E-state index contributed by atoms with van der Waals surface area (Å²) < 4.78 is 4.93. The first kappa shape index (κ1) is 10.5. The van der Waals surface area contributed by atoms with Crippen molar-refractivity contribution in [3.63, 3.8) is 0 Å². The number of aromatic nitrogens is 3. The summed E-state index contributed by atoms with van der Waals surface area (Å²) in [5, 5.41) is 0. The molecular formula is C11H9N5O2. The van der Waals surface area contributed by atoms with Crippen LogP contribution in [-0.2, 0) is 0 Å². The van der Waals surface area contributed by atoms with Crippen LogP contribution >= 0.6 is 0 Å². The van der Waals surface area contributed by atoms with Crippen molar-refractivity contribution in [1.29, 1.82) is 0 Å². The van der Waals surface area contributed by atoms with Crippen LogP contribution in [0, 0.1) is 0 Å². The summed E-state index contributed by atoms with van der Waals surface area (Å²) in [6, 6.07) is 7.05. The Kier molecular flexibility index (Phi) is 2.31. The maximum absolute atomic E-state index is 11.1. The van der Waals surface area contributed by atoms with Gasteiger partial charge in [0.05, 0.1) is 11.2 Å². The number of nitrogen functional groups attached to an aromatic ring is 1. The van der Waals surface area contributed by atoms with Crippen LogP contribution < -0.4 is 17.0 Å². The Hall–Kier alpha value is -2.67. The number of hydrazine groups is 1. The summed E-state index contributed by atoms with van der Waals surface area (Å²) in [6.07, 6.45) is 1.60. The molecule has 1 aromatic carbocycles. The summed E-state index contributed by atoms with van der Waals surface area (Å²) in [4.78, 5) is 21.8. The number of anilines is 1. The monoisotopic (exact) mass is 243 g/mol. The summed E-state index contributed by atoms with van der Waals surface area (Å²) in [5.74, 6) is 5.10. The zero-order chi connectivity index (χ0) is 12.5. The number of hydrogen-bond acceptors (Lipinski definition) is 6. The molecule has 0 fully saturated rings. The number of nitrogens with two attached hydrogens (primary N) is 1. The van der Waals surface area contributed by atoms with E-state index in [0.717, 1.165) is 5.56 Å². The second-order valence-corrected chi connectivity index (χ2v) is 3.64. The molecule has 0 unspecified atom stereocenters. The van der Waals surface area contributed by atoms with E-state index in [1.165, 1.54) is 0 Å². The van der Waals surface area contributed by atoms with Gasteiger partial charge in [-0.05, 0) is 24.3 Å². The van der Waals surface area contributed by atoms with Crippen LogP contribution in [0.2, 0.25) is 0 Å². The number of nitrogens with zero attached hydrogens (tertiary/aromatic N) is 2. The van der Waals surface area contributed by atoms with Crippen LogP contribution in [-0.4, -0.2) is 15.0 Å². The highest BCUT2D eigenvalue weighted by Crippen LogP contribution is 2.21. The quantitative estimate of drug-likeness (QED) is 0.455. The molecule has 0 amide bonds. The van der Waals surface area contributed by atoms with Crippen molar-refractivity contribution < 1.29 is 4.42 Å². The molecule has 3 rings (SSSR count). The number of nitrogens with one attached hydrogen (secondary N) is 2. The van der Waals surface area contributed by atoms with Crippen LogP contribution in [0.5, 0.6) is 0 Å². The third-order valence-electron chi connectivity index (χ3n) is 2.50. The lowest BCUT2D eigenvalue weighted by Gasteiger charge is -2.02. The summed E-state index contributed by atoms with van der Waals surface area (Å²) in [6.45, 7) is 0. The van der Waals surface area contributed by atoms with Crippen LogP contribution in [0.25, 0.3) is 22.4 Å². The van der Waals surface area contributed by atoms with Crippen LogP contribution in [0.4, 0.5) is 5.95 Å². The van der Waals surface area contributed by atoms with E-state index in [4.69, 9.17) is 10.3 Å². The summed E-state index contributed by atoms with van der Waals surface area (Å²) >= 11 is 0. The molecule has 2 heterocycles. The lowest BCUT2D eigenvalue weighted by Crippen LogP contribution is -2.10. The van der Waals surface area contributed by atoms with Gasteiger partial charge in [0, 0.05) is 11.8 Å². The number of hydrogen-bond donors (Lipinski definition) is 3. The molecule has 3 aromatic rings. The Morgan fingerprint density at radius 2 is 2.22 bits per heavy atom. The normalized spacial score (nSPS) is 10.7. The minimum Gasteiger partial charge on any atom is -0.408 e. The molecule has 0 bridgehead atoms. The molecule has 0 aliphatic heterocycles. The Bertz CT molecular complexity index is 761. The van der Waals surface area contributed by atoms with Gasteiger partial charge >= 0.3 is 5.76 Å². The lowest BCUT2D eigenvalue weighted by molar-refractivity contribution is 0.555. The van der Waals surface area contributed by atoms with Crippen molar-refractivity contribution in [1.82, 2.24) is 15.0 Å². The standard InChI is InChI=1S/C11H9N5O2/c12-16-10-13-4-3-7(14-10)6-1-2-9-8(5-6)15-11(17)18-9/h1-5H,12H2,(H,15,17)(H,13,14,16). The first-order valence-electron chi connectivity index (χ1n) is 5.19. The van der Waals surface area contributed by atoms with Gasteiger partial charge in [0.1, 0.15) is 0 Å². The number of fused-ring (bicyclic) bond motifs is 1. The molecular weight excluding hydrogens is 234 g/mol. The van der Waals surface area contributed by atoms with Gasteiger partial charge in [-0.2, -0.15) is 0 Å². The second kappa shape index (κ2) is 3.97. The van der Waals surface area contributed by atoms with Crippen molar-refractivity contribution >= 4 is 17.0 Å². The maximum atomic E-state index is 11.1. The predicted octanol–water partition coefficient (Wildman–Crippen LogP) is 0.864. The van der Waals surface area contributed by atoms with E-state index in [9.17, 15) is 4.79 Å². The number of benzene rings is 1. The molecule has 0 spiro atoms. The van der Waals surface area contributed by atoms with Crippen molar-refractivity contribution in [3.8, 4) is 11.3 Å². The molecule has 0 aliphatic carbocycles. The van der Waals surface area contributed by atoms with Gasteiger partial charge in [-0.15, -0.1) is 0 Å². The van der Waals surface area contributed by atoms with Gasteiger partial charge in [0.15, 0.2) is 5.58 Å². The van der Waals surface area contributed by atoms with E-state index in [1.807, 2.05) is 6.07 Å². The highest BCUT2D eigenvalue weighted by atomic mass is 16.4. The Labute approximate surface area is 101 Å². The molecule has 0 saturated carbocycles. The van der Waals surface area contributed by atoms with Crippen LogP contribution in [0.15, 0.2) is 39.7 Å². The Balaban J connectivity index is 2.15. The van der Waals surface area contributed by atoms with E-state index < -0.39 is 5.76 Å². The third kappa shape index (κ3) is 1.72. The first-order chi connectivity index (χ1) is 8.76. The number of aromatic amines is 1. The Morgan fingerprint density at radius 3 is 3.06 bits per heavy atom. The predicted molar refractivity (Wildman–Crippen MR) is 65.7 cm³/mol. The van der Waals surface area contributed by atoms with Crippen molar-refractivity contribution in [3.05, 3.63) is 41.0 Å². The largest absolute Gasteiger partial charge is 0.417 e. The van der Waals surface area contributed by atoms with Gasteiger partial charge in [0.2, 0.25) is 5.95 Å². The number of H-pyrrole nitrogens is 1. The highest BCUT2D eigenvalue weighted by molar-refractivity contribution is 5.79. The second-order valence-electron chi connectivity index (χ2n) is 3.64. The zero-order valence-corrected chi connectivity index (χ0v) is 9.18. The van der Waals surface area contributed by atoms with Gasteiger partial charge in [-0.1, -0.05) is 0 Å². The number of oxazole rings is 1. The van der Waals surface area contributed by atoms with E-state index >= 15 is 0 Å². The molecule has 7 nitrogen and oxygen atoms in total. The third-order valence-corrected chi connectivity index (χ3v) is 2.50. The molecule has 0 aliphatic rings. The molecule has 4 N–H and O–H groups in total. The average Bonchev–Trinajstić information content (AvgIpc) is 2.77. The fraction of sp³-hybridized carbons (Fsp3) is 0. The van der Waals surface area contributed by atoms with E-state index in [1.54, 1.807) is 24.4 Å². The lowest BCUT2D eigenvalue weighted by atomic mass is 10.1. The van der Waals surface area contributed by atoms with E-state index in [-0.39, 0.29) is 0 Å². The SMILES string of the molecule is NNc1nccc(-c2ccc3oc(=O)[nH]c3c2)n1. The van der Waals surface area contributed by atoms with Crippen molar-refractivity contribution in [2.45, 2.75) is 0 Å². The van der Waals surface area contributed by atoms with E-state index in [2.05, 4.69) is 20.4 Å². The van der Waals surface area contributed by atoms with Gasteiger partial charge in [-0.3, -0.25) is 10.4 Å². The fourth-order valence-corrected chi connectivity index (χ4v) is 1.70. The highest BCUT2D eigenvalue weighted by Gasteiger charge is 2.05. The Morgan fingerprint density at radius 1 is 1.33 bits per heavy atom. The van der Waals surface area contributed by atoms with Gasteiger partial charge in [0.25, 0.3) is 0 Å². The molecule has 0 atom stereocenters. The van der Waals surface area contributed by atoms with Crippen LogP contribution in [0.3, 0.4) is 0 Å². The molecule has 0 saturated heterocycles. The first-order valence-corrected chi connectivity index (χ1v) is 5.19. The number of rotatable bonds is 2. The average molecular weight is 243 g/mol. The van der Waals surface area contributed by atoms with Crippen LogP contribution in [0.1, 0.15) is 0 Å². The summed E-state index contributed by atoms with van der Waals surface area (Å²) in [7, 11) is 0. The minimum atomic E-state index is -0.478. The summed E-state index contributed by atoms with van der Waals surface area (Å²) in [5.41, 5.74) is 5.04. The minimum absolute atomic E-state index is 0.327. The maximum Gasteiger partial charge on any atom is 0.417 e. The van der Waals surface area contributed by atoms with Gasteiger partial charge < -0.3 is 4.42 Å². The zero-order valence-electron chi connectivity index (χ0n) is 9.18. The smallest absolute Gasteiger partial charge is 0.408 e. The van der Waals surface area contributed by atoms with Gasteiger partial charge in [-0.25, -0.2) is 20.6 Å². The molecule has 0 radical (unpaired) electrons. The fourth-order valence-electron chi connectivity index (χ4n) is 1.70. The topological polar surface area (TPSA) is 110 Å². The molecule has 2 aromatic heterocycles.